The molecule has 9 aromatic carbocycles. The maximum atomic E-state index is 13.8. The fourth-order valence-electron chi connectivity index (χ4n) is 15.4. The molecule has 728 valence electrons. The van der Waals surface area contributed by atoms with Gasteiger partial charge in [0.25, 0.3) is 0 Å². The summed E-state index contributed by atoms with van der Waals surface area (Å²) in [6.45, 7) is 2.16. The van der Waals surface area contributed by atoms with Crippen LogP contribution in [0, 0.1) is 17.8 Å². The van der Waals surface area contributed by atoms with Gasteiger partial charge in [-0.1, -0.05) is 165 Å². The number of hydrogen-bond donors (Lipinski definition) is 3. The summed E-state index contributed by atoms with van der Waals surface area (Å²) in [6.07, 6.45) is 11.1. The van der Waals surface area contributed by atoms with E-state index in [4.69, 9.17) is 63.7 Å². The number of hydrogen-bond acceptors (Lipinski definition) is 23. The van der Waals surface area contributed by atoms with Crippen LogP contribution in [0.15, 0.2) is 255 Å². The van der Waals surface area contributed by atoms with Gasteiger partial charge >= 0.3 is 17.9 Å². The molecule has 6 atom stereocenters. The van der Waals surface area contributed by atoms with Crippen LogP contribution in [0.1, 0.15) is 130 Å². The van der Waals surface area contributed by atoms with Crippen LogP contribution in [0.4, 0.5) is 0 Å². The maximum absolute atomic E-state index is 13.8. The van der Waals surface area contributed by atoms with Gasteiger partial charge < -0.3 is 82.8 Å². The van der Waals surface area contributed by atoms with Crippen molar-refractivity contribution in [3.63, 3.8) is 0 Å². The third-order valence-electron chi connectivity index (χ3n) is 23.1. The lowest BCUT2D eigenvalue weighted by Crippen LogP contribution is -2.45. The zero-order valence-corrected chi connectivity index (χ0v) is 78.9. The summed E-state index contributed by atoms with van der Waals surface area (Å²) in [6, 6.07) is 61.6. The zero-order valence-electron chi connectivity index (χ0n) is 78.2. The number of benzene rings is 9. The Labute approximate surface area is 810 Å². The van der Waals surface area contributed by atoms with E-state index in [0.29, 0.717) is 87.3 Å². The van der Waals surface area contributed by atoms with Gasteiger partial charge in [-0.3, -0.25) is 43.2 Å². The number of amides is 6. The lowest BCUT2D eigenvalue weighted by molar-refractivity contribution is -0.146. The number of ether oxygens (including phenoxy) is 11. The van der Waals surface area contributed by atoms with E-state index in [-0.39, 0.29) is 159 Å². The first-order chi connectivity index (χ1) is 66.4. The molecule has 3 aliphatic heterocycles. The van der Waals surface area contributed by atoms with Crippen molar-refractivity contribution in [3.8, 4) is 46.0 Å². The highest BCUT2D eigenvalue weighted by molar-refractivity contribution is 6.31. The average Bonchev–Trinajstić information content (AvgIpc) is 0.881. The molecule has 0 spiro atoms. The van der Waals surface area contributed by atoms with Crippen LogP contribution in [0.3, 0.4) is 0 Å². The van der Waals surface area contributed by atoms with Crippen LogP contribution in [-0.4, -0.2) is 200 Å². The lowest BCUT2D eigenvalue weighted by atomic mass is 9.90. The molecule has 29 nitrogen and oxygen atoms in total. The standard InChI is InChI=1S/2C36H40N2O8.C35H37ClN2O7.CH4/c2*1-43-28-13-11-26(12-14-28)24-38-19-7-8-20-46-33-23-29(44-2)15-16-30(33)32(39)22-27(21-25-9-5-4-6-10-25)35(41)37-31(36(42)45-3)17-18-34(38)40;1-43-28-13-10-25(11-14-28)23-38-18-6-7-19-45-32-22-27(36)12-15-29(32)31(39)21-26(20-24-8-4-3-5-9-24)34(41)37-30(35(42)44-2)16-17-33(38)40;/h2*4-16,23,27,31H,17-22,24H2,1-3H3,(H,37,41);3-15,22,26,30H,16-21,23H2,1-2H3,(H,37,41);1H4/b8-7+;8-7-;7-6+;/t2*27-,31-;26-,30-;/m000./s1. The fourth-order valence-corrected chi connectivity index (χ4v) is 15.6. The summed E-state index contributed by atoms with van der Waals surface area (Å²) in [5.41, 5.74) is 6.17. The Morgan fingerprint density at radius 1 is 0.326 bits per heavy atom. The van der Waals surface area contributed by atoms with Crippen LogP contribution < -0.4 is 53.8 Å². The van der Waals surface area contributed by atoms with Crippen LogP contribution >= 0.6 is 11.6 Å². The second-order valence-electron chi connectivity index (χ2n) is 32.5. The first-order valence-corrected chi connectivity index (χ1v) is 45.3. The molecule has 0 saturated carbocycles. The van der Waals surface area contributed by atoms with Gasteiger partial charge in [0, 0.05) is 113 Å². The van der Waals surface area contributed by atoms with Crippen molar-refractivity contribution in [3.05, 3.63) is 310 Å². The van der Waals surface area contributed by atoms with Gasteiger partial charge in [0.15, 0.2) is 17.3 Å². The number of halogens is 1. The number of carbonyl (C=O) groups excluding carboxylic acids is 12. The van der Waals surface area contributed by atoms with Crippen molar-refractivity contribution in [1.82, 2.24) is 30.7 Å². The first kappa shape index (κ1) is 107. The molecule has 12 rings (SSSR count). The molecule has 9 aromatic rings. The quantitative estimate of drug-likeness (QED) is 0.0362. The molecular weight excluding hydrogens is 1780 g/mol. The minimum atomic E-state index is -1.08. The number of rotatable bonds is 20. The van der Waals surface area contributed by atoms with E-state index < -0.39 is 71.5 Å². The van der Waals surface area contributed by atoms with E-state index in [1.165, 1.54) is 35.5 Å². The van der Waals surface area contributed by atoms with E-state index in [1.54, 1.807) is 115 Å². The number of methoxy groups -OCH3 is 8. The molecule has 3 heterocycles. The second kappa shape index (κ2) is 55.8. The molecule has 138 heavy (non-hydrogen) atoms. The van der Waals surface area contributed by atoms with Crippen LogP contribution in [-0.2, 0) is 96.3 Å². The molecule has 0 bridgehead atoms. The molecular formula is C108H121ClN6O23. The summed E-state index contributed by atoms with van der Waals surface area (Å²) >= 11 is 6.24. The van der Waals surface area contributed by atoms with E-state index in [2.05, 4.69) is 16.0 Å². The molecule has 0 fully saturated rings. The first-order valence-electron chi connectivity index (χ1n) is 45.0. The highest BCUT2D eigenvalue weighted by Gasteiger charge is 2.35. The Morgan fingerprint density at radius 3 is 0.855 bits per heavy atom. The SMILES string of the molecule is C.COC(=O)[C@@H]1CCC(=O)N(Cc2ccc(OC)cc2)C/C=C/COc2cc(Cl)ccc2C(=O)C[C@H](Cc2ccccc2)C(=O)N1.COC(=O)[C@@H]1CCC(=O)N(Cc2ccc(OC)cc2)C/C=C/COc2cc(OC)ccc2C(=O)C[C@H](Cc2ccccc2)C(=O)N1.COC(=O)[C@@H]1CCC(=O)N(Cc2ccc(OC)cc2)C/C=C\COc2cc(OC)ccc2C(=O)C[C@H](Cc2ccccc2)C(=O)N1. The van der Waals surface area contributed by atoms with Crippen molar-refractivity contribution >= 4 is 82.3 Å². The van der Waals surface area contributed by atoms with Crippen molar-refractivity contribution in [1.29, 1.82) is 0 Å². The predicted octanol–water partition coefficient (Wildman–Crippen LogP) is 14.9. The summed E-state index contributed by atoms with van der Waals surface area (Å²) in [5.74, 6) is -3.39. The molecule has 6 amide bonds. The van der Waals surface area contributed by atoms with Crippen LogP contribution in [0.2, 0.25) is 5.02 Å². The number of esters is 3. The van der Waals surface area contributed by atoms with Crippen LogP contribution in [0.5, 0.6) is 46.0 Å². The third-order valence-corrected chi connectivity index (χ3v) is 23.3. The minimum Gasteiger partial charge on any atom is -0.497 e. The largest absolute Gasteiger partial charge is 0.497 e. The number of nitrogens with one attached hydrogen (secondary N) is 3. The number of nitrogens with zero attached hydrogens (tertiary/aromatic N) is 3. The van der Waals surface area contributed by atoms with Gasteiger partial charge in [-0.2, -0.15) is 0 Å². The molecule has 0 saturated heterocycles. The maximum Gasteiger partial charge on any atom is 0.328 e. The molecule has 0 aliphatic carbocycles. The van der Waals surface area contributed by atoms with Gasteiger partial charge in [-0.05, 0) is 169 Å². The Morgan fingerprint density at radius 2 is 0.587 bits per heavy atom. The number of ketones is 3. The highest BCUT2D eigenvalue weighted by atomic mass is 35.5. The van der Waals surface area contributed by atoms with Gasteiger partial charge in [-0.25, -0.2) is 14.4 Å². The van der Waals surface area contributed by atoms with E-state index in [0.717, 1.165) is 33.4 Å². The van der Waals surface area contributed by atoms with Crippen molar-refractivity contribution < 1.29 is 110 Å². The number of fused-ring (bicyclic) bond motifs is 3. The van der Waals surface area contributed by atoms with E-state index >= 15 is 0 Å². The summed E-state index contributed by atoms with van der Waals surface area (Å²) < 4.78 is 59.4. The smallest absolute Gasteiger partial charge is 0.328 e. The van der Waals surface area contributed by atoms with Gasteiger partial charge in [-0.15, -0.1) is 0 Å². The lowest BCUT2D eigenvalue weighted by Gasteiger charge is -2.24. The van der Waals surface area contributed by atoms with Crippen molar-refractivity contribution in [2.24, 2.45) is 17.8 Å². The molecule has 30 heteroatoms. The van der Waals surface area contributed by atoms with Crippen molar-refractivity contribution in [2.45, 2.75) is 122 Å². The molecule has 0 unspecified atom stereocenters. The van der Waals surface area contributed by atoms with Gasteiger partial charge in [0.2, 0.25) is 35.4 Å². The summed E-state index contributed by atoms with van der Waals surface area (Å²) in [5, 5.41) is 8.72. The number of Topliss-reactive ketones (excluding diaryl/α,β-unsaturated/α-hetero) is 3. The normalized spacial score (nSPS) is 18.7. The second-order valence-corrected chi connectivity index (χ2v) is 32.9. The van der Waals surface area contributed by atoms with Crippen LogP contribution in [0.25, 0.3) is 0 Å². The Kier molecular flexibility index (Phi) is 43.2. The average molecular weight is 1910 g/mol. The Bertz CT molecular complexity index is 5410. The third kappa shape index (κ3) is 33.3. The zero-order chi connectivity index (χ0) is 98.0. The van der Waals surface area contributed by atoms with Crippen molar-refractivity contribution in [2.75, 3.05) is 96.3 Å². The summed E-state index contributed by atoms with van der Waals surface area (Å²) in [7, 11) is 11.5. The minimum absolute atomic E-state index is 0. The Balaban J connectivity index is 0.000000231. The van der Waals surface area contributed by atoms with Gasteiger partial charge in [0.1, 0.15) is 83.9 Å². The Hall–Kier alpha value is -14.9. The molecule has 0 radical (unpaired) electrons. The summed E-state index contributed by atoms with van der Waals surface area (Å²) in [4.78, 5) is 166. The molecule has 3 aliphatic rings. The molecule has 3 N–H and O–H groups in total. The molecule has 0 aromatic heterocycles. The predicted molar refractivity (Wildman–Crippen MR) is 521 cm³/mol. The number of carbonyl (C=O) groups is 12. The van der Waals surface area contributed by atoms with E-state index in [9.17, 15) is 57.5 Å². The highest BCUT2D eigenvalue weighted by Crippen LogP contribution is 2.33. The topological polar surface area (TPSA) is 352 Å². The van der Waals surface area contributed by atoms with Gasteiger partial charge in [0.05, 0.1) is 73.6 Å². The van der Waals surface area contributed by atoms with E-state index in [1.807, 2.05) is 176 Å². The fraction of sp³-hybridized carbons (Fsp3) is 0.333. The monoisotopic (exact) mass is 1900 g/mol.